The summed E-state index contributed by atoms with van der Waals surface area (Å²) >= 11 is 0. The first-order valence-electron chi connectivity index (χ1n) is 2.57. The van der Waals surface area contributed by atoms with Crippen LogP contribution in [0.4, 0.5) is 4.39 Å². The molecule has 2 nitrogen and oxygen atoms in total. The molecule has 0 aromatic carbocycles. The van der Waals surface area contributed by atoms with Gasteiger partial charge in [0.05, 0.1) is 0 Å². The van der Waals surface area contributed by atoms with Crippen LogP contribution in [0.15, 0.2) is 12.7 Å². The van der Waals surface area contributed by atoms with E-state index < -0.39 is 6.36 Å². The maximum Gasteiger partial charge on any atom is 0.196 e. The fraction of sp³-hybridized carbons (Fsp3) is 0.500. The molecule has 3 heteroatoms. The van der Waals surface area contributed by atoms with Crippen molar-refractivity contribution in [3.63, 3.8) is 0 Å². The van der Waals surface area contributed by atoms with Gasteiger partial charge < -0.3 is 4.74 Å². The Labute approximate surface area is 53.3 Å². The van der Waals surface area contributed by atoms with Crippen LogP contribution in [0, 0.1) is 0 Å². The summed E-state index contributed by atoms with van der Waals surface area (Å²) in [5, 5.41) is 0. The maximum atomic E-state index is 11.8. The van der Waals surface area contributed by atoms with Crippen LogP contribution in [0.2, 0.25) is 0 Å². The summed E-state index contributed by atoms with van der Waals surface area (Å²) in [5.74, 6) is -0.306. The molecule has 0 heterocycles. The number of hydrogen-bond donors (Lipinski definition) is 0. The molecule has 1 atom stereocenters. The highest BCUT2D eigenvalue weighted by Gasteiger charge is 1.99. The third-order valence-electron chi connectivity index (χ3n) is 0.683. The van der Waals surface area contributed by atoms with E-state index in [9.17, 15) is 9.18 Å². The van der Waals surface area contributed by atoms with Gasteiger partial charge >= 0.3 is 0 Å². The second-order valence-electron chi connectivity index (χ2n) is 1.52. The number of ketones is 1. The molecule has 52 valence electrons. The first-order valence-corrected chi connectivity index (χ1v) is 2.57. The Kier molecular flexibility index (Phi) is 3.88. The van der Waals surface area contributed by atoms with Crippen molar-refractivity contribution in [2.75, 3.05) is 6.61 Å². The highest BCUT2D eigenvalue weighted by molar-refractivity contribution is 5.90. The fourth-order valence-electron chi connectivity index (χ4n) is 0.256. The Morgan fingerprint density at radius 2 is 2.56 bits per heavy atom. The van der Waals surface area contributed by atoms with Gasteiger partial charge in [0, 0.05) is 0 Å². The summed E-state index contributed by atoms with van der Waals surface area (Å²) in [5.41, 5.74) is 0. The molecule has 0 N–H and O–H groups in total. The van der Waals surface area contributed by atoms with Gasteiger partial charge in [-0.05, 0) is 13.0 Å². The topological polar surface area (TPSA) is 26.3 Å². The van der Waals surface area contributed by atoms with Crippen molar-refractivity contribution in [3.8, 4) is 0 Å². The first kappa shape index (κ1) is 8.30. The molecule has 0 aliphatic rings. The second kappa shape index (κ2) is 4.21. The van der Waals surface area contributed by atoms with Crippen LogP contribution in [-0.4, -0.2) is 18.7 Å². The minimum Gasteiger partial charge on any atom is -0.340 e. The van der Waals surface area contributed by atoms with E-state index in [0.717, 1.165) is 6.08 Å². The average molecular weight is 132 g/mol. The lowest BCUT2D eigenvalue weighted by atomic mass is 10.4. The van der Waals surface area contributed by atoms with Crippen LogP contribution in [0.3, 0.4) is 0 Å². The molecule has 0 saturated heterocycles. The minimum atomic E-state index is -1.38. The molecule has 0 aromatic heterocycles. The summed E-state index contributed by atoms with van der Waals surface area (Å²) < 4.78 is 16.1. The lowest BCUT2D eigenvalue weighted by Crippen LogP contribution is -2.09. The van der Waals surface area contributed by atoms with E-state index in [1.54, 1.807) is 0 Å². The second-order valence-corrected chi connectivity index (χ2v) is 1.52. The molecule has 0 fully saturated rings. The highest BCUT2D eigenvalue weighted by Crippen LogP contribution is 1.90. The van der Waals surface area contributed by atoms with Crippen LogP contribution in [0.25, 0.3) is 0 Å². The van der Waals surface area contributed by atoms with Gasteiger partial charge in [-0.2, -0.15) is 0 Å². The van der Waals surface area contributed by atoms with Crippen LogP contribution < -0.4 is 0 Å². The molecule has 0 saturated carbocycles. The standard InChI is InChI=1S/C6H9FO2/c1-3-6(8)4-9-5(2)7/h3,5H,1,4H2,2H3. The smallest absolute Gasteiger partial charge is 0.196 e. The average Bonchev–Trinajstić information content (AvgIpc) is 1.83. The largest absolute Gasteiger partial charge is 0.340 e. The van der Waals surface area contributed by atoms with Crippen LogP contribution >= 0.6 is 0 Å². The molecule has 1 unspecified atom stereocenters. The summed E-state index contributed by atoms with van der Waals surface area (Å²) in [6.07, 6.45) is -0.281. The Hall–Kier alpha value is -0.700. The van der Waals surface area contributed by atoms with Gasteiger partial charge in [0.15, 0.2) is 12.1 Å². The van der Waals surface area contributed by atoms with Gasteiger partial charge in [-0.3, -0.25) is 4.79 Å². The van der Waals surface area contributed by atoms with Crippen LogP contribution in [-0.2, 0) is 9.53 Å². The number of rotatable bonds is 4. The molecule has 0 aliphatic heterocycles. The van der Waals surface area contributed by atoms with Crippen molar-refractivity contribution in [1.82, 2.24) is 0 Å². The van der Waals surface area contributed by atoms with Crippen molar-refractivity contribution in [1.29, 1.82) is 0 Å². The Bertz CT molecular complexity index is 110. The molecule has 9 heavy (non-hydrogen) atoms. The molecule has 0 aromatic rings. The lowest BCUT2D eigenvalue weighted by Gasteiger charge is -1.99. The van der Waals surface area contributed by atoms with Gasteiger partial charge in [0.1, 0.15) is 6.61 Å². The zero-order chi connectivity index (χ0) is 7.28. The number of carbonyl (C=O) groups excluding carboxylic acids is 1. The first-order chi connectivity index (χ1) is 4.16. The molecule has 0 spiro atoms. The third kappa shape index (κ3) is 5.17. The predicted octanol–water partition coefficient (Wildman–Crippen LogP) is 1.07. The fourth-order valence-corrected chi connectivity index (χ4v) is 0.256. The van der Waals surface area contributed by atoms with E-state index in [1.165, 1.54) is 6.92 Å². The van der Waals surface area contributed by atoms with Gasteiger partial charge in [-0.15, -0.1) is 0 Å². The quantitative estimate of drug-likeness (QED) is 0.535. The van der Waals surface area contributed by atoms with E-state index in [4.69, 9.17) is 0 Å². The van der Waals surface area contributed by atoms with Gasteiger partial charge in [0.25, 0.3) is 0 Å². The van der Waals surface area contributed by atoms with Crippen molar-refractivity contribution < 1.29 is 13.9 Å². The number of ether oxygens (including phenoxy) is 1. The zero-order valence-electron chi connectivity index (χ0n) is 5.26. The van der Waals surface area contributed by atoms with Crippen molar-refractivity contribution in [2.24, 2.45) is 0 Å². The number of carbonyl (C=O) groups is 1. The third-order valence-corrected chi connectivity index (χ3v) is 0.683. The zero-order valence-corrected chi connectivity index (χ0v) is 5.26. The van der Waals surface area contributed by atoms with Crippen LogP contribution in [0.1, 0.15) is 6.92 Å². The van der Waals surface area contributed by atoms with Crippen molar-refractivity contribution in [2.45, 2.75) is 13.3 Å². The Morgan fingerprint density at radius 3 is 2.89 bits per heavy atom. The van der Waals surface area contributed by atoms with Gasteiger partial charge in [-0.1, -0.05) is 6.58 Å². The minimum absolute atomic E-state index is 0.221. The van der Waals surface area contributed by atoms with Gasteiger partial charge in [0.2, 0.25) is 0 Å². The number of halogens is 1. The Morgan fingerprint density at radius 1 is 2.00 bits per heavy atom. The summed E-state index contributed by atoms with van der Waals surface area (Å²) in [7, 11) is 0. The molecule has 0 radical (unpaired) electrons. The van der Waals surface area contributed by atoms with Gasteiger partial charge in [-0.25, -0.2) is 4.39 Å². The van der Waals surface area contributed by atoms with E-state index in [2.05, 4.69) is 11.3 Å². The van der Waals surface area contributed by atoms with Crippen LogP contribution in [0.5, 0.6) is 0 Å². The normalized spacial score (nSPS) is 12.7. The molecular weight excluding hydrogens is 123 g/mol. The lowest BCUT2D eigenvalue weighted by molar-refractivity contribution is -0.124. The summed E-state index contributed by atoms with van der Waals surface area (Å²) in [6, 6.07) is 0. The molecule has 0 amide bonds. The molecule has 0 bridgehead atoms. The van der Waals surface area contributed by atoms with E-state index in [0.29, 0.717) is 0 Å². The van der Waals surface area contributed by atoms with E-state index >= 15 is 0 Å². The summed E-state index contributed by atoms with van der Waals surface area (Å²) in [4.78, 5) is 10.3. The number of alkyl halides is 1. The van der Waals surface area contributed by atoms with E-state index in [-0.39, 0.29) is 12.4 Å². The summed E-state index contributed by atoms with van der Waals surface area (Å²) in [6.45, 7) is 4.18. The predicted molar refractivity (Wildman–Crippen MR) is 31.7 cm³/mol. The maximum absolute atomic E-state index is 11.8. The SMILES string of the molecule is C=CC(=O)COC(C)F. The molecule has 0 aliphatic carbocycles. The Balaban J connectivity index is 3.27. The molecular formula is C6H9FO2. The van der Waals surface area contributed by atoms with Crippen molar-refractivity contribution >= 4 is 5.78 Å². The molecule has 0 rings (SSSR count). The van der Waals surface area contributed by atoms with E-state index in [1.807, 2.05) is 0 Å². The number of hydrogen-bond acceptors (Lipinski definition) is 2. The monoisotopic (exact) mass is 132 g/mol. The van der Waals surface area contributed by atoms with Crippen molar-refractivity contribution in [3.05, 3.63) is 12.7 Å². The highest BCUT2D eigenvalue weighted by atomic mass is 19.1.